The number of aromatic nitrogens is 3. The maximum Gasteiger partial charge on any atom is 0.152 e. The second kappa shape index (κ2) is 11.7. The second-order valence-electron chi connectivity index (χ2n) is 14.4. The number of pyridine rings is 2. The van der Waals surface area contributed by atoms with E-state index in [1.54, 1.807) is 11.8 Å². The quantitative estimate of drug-likeness (QED) is 0.174. The van der Waals surface area contributed by atoms with E-state index >= 15 is 0 Å². The van der Waals surface area contributed by atoms with E-state index in [2.05, 4.69) is 100 Å². The van der Waals surface area contributed by atoms with Crippen LogP contribution in [0.15, 0.2) is 168 Å². The first-order valence-corrected chi connectivity index (χ1v) is 19.4. The fourth-order valence-corrected chi connectivity index (χ4v) is 10.6. The Morgan fingerprint density at radius 3 is 2.21 bits per heavy atom. The van der Waals surface area contributed by atoms with Crippen LogP contribution in [0.4, 0.5) is 17.1 Å². The molecule has 0 saturated carbocycles. The lowest BCUT2D eigenvalue weighted by Gasteiger charge is -2.41. The zero-order chi connectivity index (χ0) is 37.8. The highest BCUT2D eigenvalue weighted by Crippen LogP contribution is 2.64. The van der Waals surface area contributed by atoms with Crippen LogP contribution in [0.2, 0.25) is 0 Å². The molecule has 3 aromatic heterocycles. The Bertz CT molecular complexity index is 3320. The fourth-order valence-electron chi connectivity index (χ4n) is 9.30. The van der Waals surface area contributed by atoms with Crippen LogP contribution in [-0.4, -0.2) is 14.5 Å². The molecule has 0 saturated heterocycles. The van der Waals surface area contributed by atoms with Crippen molar-refractivity contribution in [3.8, 4) is 40.7 Å². The minimum absolute atomic E-state index is 0.536. The molecule has 3 aliphatic rings. The summed E-state index contributed by atoms with van der Waals surface area (Å²) in [5, 5.41) is 21.7. The number of nitrogens with zero attached hydrogens (tertiary/aromatic N) is 6. The molecule has 0 fully saturated rings. The van der Waals surface area contributed by atoms with Crippen molar-refractivity contribution in [3.63, 3.8) is 0 Å². The number of benzene rings is 6. The summed E-state index contributed by atoms with van der Waals surface area (Å²) in [4.78, 5) is 14.9. The Balaban J connectivity index is 1.17. The van der Waals surface area contributed by atoms with Crippen LogP contribution in [0.5, 0.6) is 11.5 Å². The lowest BCUT2D eigenvalue weighted by atomic mass is 9.67. The van der Waals surface area contributed by atoms with E-state index in [4.69, 9.17) is 14.7 Å². The molecule has 1 unspecified atom stereocenters. The van der Waals surface area contributed by atoms with Crippen LogP contribution in [-0.2, 0) is 5.41 Å². The number of hydrogen-bond acceptors (Lipinski definition) is 7. The van der Waals surface area contributed by atoms with Gasteiger partial charge >= 0.3 is 0 Å². The van der Waals surface area contributed by atoms with Gasteiger partial charge in [-0.15, -0.1) is 0 Å². The minimum atomic E-state index is -0.763. The van der Waals surface area contributed by atoms with Gasteiger partial charge in [-0.05, 0) is 89.5 Å². The highest BCUT2D eigenvalue weighted by atomic mass is 32.2. The molecule has 2 aliphatic heterocycles. The first kappa shape index (κ1) is 31.7. The fraction of sp³-hybridized carbons (Fsp3) is 0.0204. The molecule has 12 rings (SSSR count). The van der Waals surface area contributed by atoms with Gasteiger partial charge in [0.25, 0.3) is 0 Å². The maximum absolute atomic E-state index is 9.81. The Morgan fingerprint density at radius 2 is 1.28 bits per heavy atom. The van der Waals surface area contributed by atoms with Gasteiger partial charge in [0.15, 0.2) is 11.5 Å². The molecule has 1 spiro atoms. The summed E-state index contributed by atoms with van der Waals surface area (Å²) in [5.41, 5.74) is 12.3. The zero-order valence-electron chi connectivity index (χ0n) is 30.0. The molecular weight excluding hydrogens is 721 g/mol. The zero-order valence-corrected chi connectivity index (χ0v) is 30.8. The standard InChI is InChI=1S/C49H26N6OS/c50-26-29-18-20-39-33(23-29)32-9-1-3-13-38(32)54(39)31-25-37-47(53-28-31)46-35(12-8-22-52-46)49(37)34-10-2-6-17-45(34)57-48-36(49)11-7-15-42(48)55-40-14-4-5-16-43(40)56-44-24-30(27-51)19-21-41(44)55/h1-25,28H. The van der Waals surface area contributed by atoms with E-state index in [0.717, 1.165) is 88.2 Å². The Hall–Kier alpha value is -7.65. The van der Waals surface area contributed by atoms with Crippen molar-refractivity contribution in [2.75, 3.05) is 4.90 Å². The molecule has 6 aromatic carbocycles. The summed E-state index contributed by atoms with van der Waals surface area (Å²) in [7, 11) is 0. The largest absolute Gasteiger partial charge is 0.453 e. The van der Waals surface area contributed by atoms with Gasteiger partial charge < -0.3 is 14.2 Å². The Kier molecular flexibility index (Phi) is 6.49. The highest BCUT2D eigenvalue weighted by Gasteiger charge is 2.52. The lowest BCUT2D eigenvalue weighted by molar-refractivity contribution is 0.476. The van der Waals surface area contributed by atoms with Crippen LogP contribution in [0, 0.1) is 22.7 Å². The molecule has 0 amide bonds. The van der Waals surface area contributed by atoms with Crippen LogP contribution in [0.3, 0.4) is 0 Å². The number of hydrogen-bond donors (Lipinski definition) is 0. The average Bonchev–Trinajstić information content (AvgIpc) is 3.75. The third-order valence-corrected chi connectivity index (χ3v) is 12.8. The molecule has 0 bridgehead atoms. The summed E-state index contributed by atoms with van der Waals surface area (Å²) < 4.78 is 8.71. The first-order valence-electron chi connectivity index (χ1n) is 18.6. The van der Waals surface area contributed by atoms with Crippen molar-refractivity contribution in [1.82, 2.24) is 14.5 Å². The number of rotatable bonds is 2. The Labute approximate surface area is 331 Å². The smallest absolute Gasteiger partial charge is 0.152 e. The highest BCUT2D eigenvalue weighted by molar-refractivity contribution is 7.99. The van der Waals surface area contributed by atoms with Crippen LogP contribution < -0.4 is 9.64 Å². The Morgan fingerprint density at radius 1 is 0.561 bits per heavy atom. The van der Waals surface area contributed by atoms with E-state index in [9.17, 15) is 10.5 Å². The number of para-hydroxylation sites is 3. The monoisotopic (exact) mass is 746 g/mol. The van der Waals surface area contributed by atoms with Crippen molar-refractivity contribution < 1.29 is 4.74 Å². The third-order valence-electron chi connectivity index (χ3n) is 11.6. The van der Waals surface area contributed by atoms with Gasteiger partial charge in [0.2, 0.25) is 0 Å². The molecule has 57 heavy (non-hydrogen) atoms. The summed E-state index contributed by atoms with van der Waals surface area (Å²) in [6.45, 7) is 0. The lowest BCUT2D eigenvalue weighted by Crippen LogP contribution is -2.33. The average molecular weight is 747 g/mol. The van der Waals surface area contributed by atoms with E-state index in [-0.39, 0.29) is 0 Å². The van der Waals surface area contributed by atoms with Crippen molar-refractivity contribution >= 4 is 50.6 Å². The van der Waals surface area contributed by atoms with Crippen molar-refractivity contribution in [2.24, 2.45) is 0 Å². The number of fused-ring (bicyclic) bond motifs is 14. The molecule has 0 N–H and O–H groups in total. The van der Waals surface area contributed by atoms with Gasteiger partial charge in [-0.2, -0.15) is 10.5 Å². The van der Waals surface area contributed by atoms with E-state index in [1.807, 2.05) is 79.1 Å². The van der Waals surface area contributed by atoms with E-state index in [0.29, 0.717) is 16.9 Å². The number of anilines is 3. The molecule has 5 heterocycles. The normalized spacial score (nSPS) is 15.4. The second-order valence-corrected chi connectivity index (χ2v) is 15.4. The number of nitriles is 2. The van der Waals surface area contributed by atoms with Gasteiger partial charge in [-0.1, -0.05) is 78.5 Å². The summed E-state index contributed by atoms with van der Waals surface area (Å²) in [6, 6.07) is 54.4. The summed E-state index contributed by atoms with van der Waals surface area (Å²) >= 11 is 1.77. The molecule has 8 heteroatoms. The third kappa shape index (κ3) is 4.20. The van der Waals surface area contributed by atoms with Gasteiger partial charge in [0.1, 0.15) is 0 Å². The molecule has 0 radical (unpaired) electrons. The molecule has 1 atom stereocenters. The predicted molar refractivity (Wildman–Crippen MR) is 222 cm³/mol. The van der Waals surface area contributed by atoms with E-state index in [1.165, 1.54) is 5.56 Å². The van der Waals surface area contributed by atoms with Crippen LogP contribution in [0.25, 0.3) is 38.9 Å². The SMILES string of the molecule is N#Cc1ccc2c(c1)Oc1ccccc1N2c1cccc2c1Sc1ccccc1C21c2cccnc2-c2ncc(-n3c4ccccc4c4cc(C#N)ccc43)cc21. The molecular formula is C49H26N6OS. The summed E-state index contributed by atoms with van der Waals surface area (Å²) in [5.74, 6) is 1.35. The van der Waals surface area contributed by atoms with Crippen LogP contribution in [0.1, 0.15) is 33.4 Å². The molecule has 7 nitrogen and oxygen atoms in total. The predicted octanol–water partition coefficient (Wildman–Crippen LogP) is 11.7. The first-order chi connectivity index (χ1) is 28.2. The van der Waals surface area contributed by atoms with Gasteiger partial charge in [-0.25, -0.2) is 0 Å². The van der Waals surface area contributed by atoms with Gasteiger partial charge in [0.05, 0.1) is 80.0 Å². The van der Waals surface area contributed by atoms with Crippen molar-refractivity contribution in [3.05, 3.63) is 191 Å². The number of ether oxygens (including phenoxy) is 1. The van der Waals surface area contributed by atoms with Gasteiger partial charge in [-0.3, -0.25) is 9.97 Å². The topological polar surface area (TPSA) is 90.8 Å². The van der Waals surface area contributed by atoms with E-state index < -0.39 is 5.41 Å². The van der Waals surface area contributed by atoms with Crippen molar-refractivity contribution in [1.29, 1.82) is 10.5 Å². The maximum atomic E-state index is 9.81. The minimum Gasteiger partial charge on any atom is -0.453 e. The summed E-state index contributed by atoms with van der Waals surface area (Å²) in [6.07, 6.45) is 3.81. The van der Waals surface area contributed by atoms with Crippen molar-refractivity contribution in [2.45, 2.75) is 15.2 Å². The van der Waals surface area contributed by atoms with Crippen LogP contribution >= 0.6 is 11.8 Å². The molecule has 1 aliphatic carbocycles. The van der Waals surface area contributed by atoms with Gasteiger partial charge in [0, 0.05) is 38.4 Å². The molecule has 9 aromatic rings. The molecule has 264 valence electrons.